The zero-order valence-corrected chi connectivity index (χ0v) is 16.9. The SMILES string of the molecule is CN1CCN(Cc2cccc(-c3nc(C4CNCCN4C)no3)c2)CC1.Cl. The highest BCUT2D eigenvalue weighted by Crippen LogP contribution is 2.24. The molecule has 148 valence electrons. The van der Waals surface area contributed by atoms with Gasteiger partial charge in [0.15, 0.2) is 5.82 Å². The molecule has 0 saturated carbocycles. The quantitative estimate of drug-likeness (QED) is 0.845. The summed E-state index contributed by atoms with van der Waals surface area (Å²) in [6.45, 7) is 8.34. The van der Waals surface area contributed by atoms with Crippen LogP contribution < -0.4 is 5.32 Å². The van der Waals surface area contributed by atoms with Crippen molar-refractivity contribution in [2.24, 2.45) is 0 Å². The Morgan fingerprint density at radius 2 is 1.96 bits per heavy atom. The standard InChI is InChI=1S/C19H28N6O.ClH/c1-23-8-10-25(11-9-23)14-15-4-3-5-16(12-15)19-21-18(22-26-19)17-13-20-6-7-24(17)2;/h3-5,12,17,20H,6-11,13-14H2,1-2H3;1H. The molecule has 4 rings (SSSR count). The van der Waals surface area contributed by atoms with Crippen LogP contribution in [0.2, 0.25) is 0 Å². The molecule has 0 bridgehead atoms. The number of hydrogen-bond acceptors (Lipinski definition) is 7. The molecule has 1 unspecified atom stereocenters. The largest absolute Gasteiger partial charge is 0.334 e. The summed E-state index contributed by atoms with van der Waals surface area (Å²) >= 11 is 0. The van der Waals surface area contributed by atoms with Crippen molar-refractivity contribution >= 4 is 12.4 Å². The Hall–Kier alpha value is -1.51. The maximum absolute atomic E-state index is 5.58. The van der Waals surface area contributed by atoms with Gasteiger partial charge in [-0.25, -0.2) is 0 Å². The van der Waals surface area contributed by atoms with Gasteiger partial charge in [-0.1, -0.05) is 17.3 Å². The molecule has 7 nitrogen and oxygen atoms in total. The highest BCUT2D eigenvalue weighted by atomic mass is 35.5. The van der Waals surface area contributed by atoms with E-state index in [1.54, 1.807) is 0 Å². The van der Waals surface area contributed by atoms with Crippen molar-refractivity contribution in [2.45, 2.75) is 12.6 Å². The first kappa shape index (κ1) is 20.2. The number of likely N-dealkylation sites (N-methyl/N-ethyl adjacent to an activating group) is 2. The molecule has 0 radical (unpaired) electrons. The number of piperazine rings is 2. The third-order valence-corrected chi connectivity index (χ3v) is 5.43. The van der Waals surface area contributed by atoms with Crippen molar-refractivity contribution in [1.29, 1.82) is 0 Å². The maximum Gasteiger partial charge on any atom is 0.257 e. The molecule has 1 atom stereocenters. The van der Waals surface area contributed by atoms with Crippen LogP contribution in [0.4, 0.5) is 0 Å². The van der Waals surface area contributed by atoms with Gasteiger partial charge in [0.2, 0.25) is 0 Å². The summed E-state index contributed by atoms with van der Waals surface area (Å²) in [4.78, 5) is 11.8. The summed E-state index contributed by atoms with van der Waals surface area (Å²) in [5, 5.41) is 7.63. The first-order valence-electron chi connectivity index (χ1n) is 9.44. The van der Waals surface area contributed by atoms with Gasteiger partial charge in [0.05, 0.1) is 6.04 Å². The van der Waals surface area contributed by atoms with Crippen LogP contribution in [-0.2, 0) is 6.54 Å². The molecule has 2 saturated heterocycles. The van der Waals surface area contributed by atoms with Crippen LogP contribution in [-0.4, -0.2) is 84.7 Å². The van der Waals surface area contributed by atoms with Crippen molar-refractivity contribution in [3.8, 4) is 11.5 Å². The van der Waals surface area contributed by atoms with Crippen molar-refractivity contribution < 1.29 is 4.52 Å². The topological polar surface area (TPSA) is 60.7 Å². The fraction of sp³-hybridized carbons (Fsp3) is 0.579. The number of nitrogens with one attached hydrogen (secondary N) is 1. The van der Waals surface area contributed by atoms with Gasteiger partial charge >= 0.3 is 0 Å². The Bertz CT molecular complexity index is 730. The average molecular weight is 393 g/mol. The summed E-state index contributed by atoms with van der Waals surface area (Å²) in [5.41, 5.74) is 2.30. The highest BCUT2D eigenvalue weighted by Gasteiger charge is 2.25. The summed E-state index contributed by atoms with van der Waals surface area (Å²) in [7, 11) is 4.29. The van der Waals surface area contributed by atoms with E-state index in [2.05, 4.69) is 62.5 Å². The molecule has 0 amide bonds. The Morgan fingerprint density at radius 1 is 1.15 bits per heavy atom. The molecule has 2 fully saturated rings. The lowest BCUT2D eigenvalue weighted by atomic mass is 10.1. The second kappa shape index (κ2) is 9.12. The smallest absolute Gasteiger partial charge is 0.257 e. The number of halogens is 1. The lowest BCUT2D eigenvalue weighted by Gasteiger charge is -2.32. The zero-order valence-electron chi connectivity index (χ0n) is 16.1. The summed E-state index contributed by atoms with van der Waals surface area (Å²) < 4.78 is 5.58. The van der Waals surface area contributed by atoms with Gasteiger partial charge < -0.3 is 14.7 Å². The summed E-state index contributed by atoms with van der Waals surface area (Å²) in [5.74, 6) is 1.37. The molecule has 0 aliphatic carbocycles. The van der Waals surface area contributed by atoms with Gasteiger partial charge in [0.25, 0.3) is 5.89 Å². The third-order valence-electron chi connectivity index (χ3n) is 5.43. The monoisotopic (exact) mass is 392 g/mol. The van der Waals surface area contributed by atoms with Crippen molar-refractivity contribution in [3.63, 3.8) is 0 Å². The lowest BCUT2D eigenvalue weighted by molar-refractivity contribution is 0.148. The minimum Gasteiger partial charge on any atom is -0.334 e. The van der Waals surface area contributed by atoms with E-state index in [4.69, 9.17) is 4.52 Å². The maximum atomic E-state index is 5.58. The predicted molar refractivity (Wildman–Crippen MR) is 108 cm³/mol. The second-order valence-corrected chi connectivity index (χ2v) is 7.44. The zero-order chi connectivity index (χ0) is 17.9. The number of benzene rings is 1. The first-order valence-corrected chi connectivity index (χ1v) is 9.44. The summed E-state index contributed by atoms with van der Waals surface area (Å²) in [6, 6.07) is 8.66. The molecule has 8 heteroatoms. The van der Waals surface area contributed by atoms with Crippen LogP contribution >= 0.6 is 12.4 Å². The van der Waals surface area contributed by atoms with Crippen LogP contribution in [0.25, 0.3) is 11.5 Å². The van der Waals surface area contributed by atoms with E-state index in [9.17, 15) is 0 Å². The van der Waals surface area contributed by atoms with Gasteiger partial charge in [-0.05, 0) is 31.8 Å². The molecule has 1 aromatic carbocycles. The number of hydrogen-bond donors (Lipinski definition) is 1. The van der Waals surface area contributed by atoms with Crippen LogP contribution in [0.3, 0.4) is 0 Å². The Kier molecular flexibility index (Phi) is 6.83. The minimum atomic E-state index is 0. The molecule has 27 heavy (non-hydrogen) atoms. The van der Waals surface area contributed by atoms with Gasteiger partial charge in [0.1, 0.15) is 0 Å². The van der Waals surface area contributed by atoms with Crippen LogP contribution in [0.1, 0.15) is 17.4 Å². The average Bonchev–Trinajstić information content (AvgIpc) is 3.14. The van der Waals surface area contributed by atoms with Gasteiger partial charge in [-0.3, -0.25) is 9.80 Å². The van der Waals surface area contributed by atoms with Crippen molar-refractivity contribution in [3.05, 3.63) is 35.7 Å². The van der Waals surface area contributed by atoms with Gasteiger partial charge in [0, 0.05) is 57.9 Å². The Morgan fingerprint density at radius 3 is 2.74 bits per heavy atom. The molecule has 1 N–H and O–H groups in total. The van der Waals surface area contributed by atoms with Crippen molar-refractivity contribution in [1.82, 2.24) is 30.2 Å². The van der Waals surface area contributed by atoms with E-state index in [-0.39, 0.29) is 18.4 Å². The van der Waals surface area contributed by atoms with E-state index in [1.807, 2.05) is 6.07 Å². The van der Waals surface area contributed by atoms with Crippen LogP contribution in [0, 0.1) is 0 Å². The van der Waals surface area contributed by atoms with E-state index in [1.165, 1.54) is 5.56 Å². The van der Waals surface area contributed by atoms with Gasteiger partial charge in [-0.2, -0.15) is 4.98 Å². The molecular formula is C19H29ClN6O. The number of rotatable bonds is 4. The minimum absolute atomic E-state index is 0. The first-order chi connectivity index (χ1) is 12.7. The number of nitrogens with zero attached hydrogens (tertiary/aromatic N) is 5. The Balaban J connectivity index is 0.00000210. The van der Waals surface area contributed by atoms with Crippen LogP contribution in [0.15, 0.2) is 28.8 Å². The van der Waals surface area contributed by atoms with E-state index in [0.717, 1.165) is 63.7 Å². The van der Waals surface area contributed by atoms with Gasteiger partial charge in [-0.15, -0.1) is 12.4 Å². The van der Waals surface area contributed by atoms with Crippen molar-refractivity contribution in [2.75, 3.05) is 59.9 Å². The molecule has 2 aliphatic heterocycles. The van der Waals surface area contributed by atoms with Crippen LogP contribution in [0.5, 0.6) is 0 Å². The fourth-order valence-corrected chi connectivity index (χ4v) is 3.65. The third kappa shape index (κ3) is 4.86. The Labute approximate surface area is 167 Å². The van der Waals surface area contributed by atoms with E-state index >= 15 is 0 Å². The number of aromatic nitrogens is 2. The fourth-order valence-electron chi connectivity index (χ4n) is 3.65. The molecule has 2 aliphatic rings. The molecule has 1 aromatic heterocycles. The second-order valence-electron chi connectivity index (χ2n) is 7.44. The lowest BCUT2D eigenvalue weighted by Crippen LogP contribution is -2.44. The normalized spacial score (nSPS) is 22.5. The molecule has 2 aromatic rings. The summed E-state index contributed by atoms with van der Waals surface area (Å²) in [6.07, 6.45) is 0. The van der Waals surface area contributed by atoms with E-state index in [0.29, 0.717) is 5.89 Å². The highest BCUT2D eigenvalue weighted by molar-refractivity contribution is 5.85. The van der Waals surface area contributed by atoms with E-state index < -0.39 is 0 Å². The predicted octanol–water partition coefficient (Wildman–Crippen LogP) is 1.48. The molecular weight excluding hydrogens is 364 g/mol. The molecule has 3 heterocycles. The molecule has 0 spiro atoms.